The topological polar surface area (TPSA) is 38.3 Å². The molecule has 0 aliphatic carbocycles. The van der Waals surface area contributed by atoms with Crippen LogP contribution in [0.5, 0.6) is 5.75 Å². The largest absolute Gasteiger partial charge is 0.496 e. The van der Waals surface area contributed by atoms with Gasteiger partial charge in [-0.15, -0.1) is 0 Å². The molecule has 2 rings (SSSR count). The highest BCUT2D eigenvalue weighted by Gasteiger charge is 1.99. The molecule has 3 heteroatoms. The van der Waals surface area contributed by atoms with E-state index in [1.54, 1.807) is 19.3 Å². The van der Waals surface area contributed by atoms with Crippen molar-refractivity contribution in [3.63, 3.8) is 0 Å². The third kappa shape index (κ3) is 5.09. The molecule has 0 bridgehead atoms. The predicted octanol–water partition coefficient (Wildman–Crippen LogP) is 3.46. The van der Waals surface area contributed by atoms with Crippen molar-refractivity contribution in [3.8, 4) is 5.75 Å². The van der Waals surface area contributed by atoms with Crippen molar-refractivity contribution in [2.45, 2.75) is 12.8 Å². The van der Waals surface area contributed by atoms with Crippen molar-refractivity contribution in [2.75, 3.05) is 13.7 Å². The summed E-state index contributed by atoms with van der Waals surface area (Å²) in [5, 5.41) is 2.89. The second-order valence-electron chi connectivity index (χ2n) is 4.96. The predicted molar refractivity (Wildman–Crippen MR) is 89.8 cm³/mol. The van der Waals surface area contributed by atoms with Crippen LogP contribution in [0.2, 0.25) is 0 Å². The lowest BCUT2D eigenvalue weighted by Crippen LogP contribution is -2.22. The number of ether oxygens (including phenoxy) is 1. The summed E-state index contributed by atoms with van der Waals surface area (Å²) in [5.74, 6) is 0.676. The number of methoxy groups -OCH3 is 1. The fraction of sp³-hybridized carbons (Fsp3) is 0.211. The number of aryl methyl sites for hydroxylation is 1. The molecule has 3 nitrogen and oxygen atoms in total. The van der Waals surface area contributed by atoms with Crippen LogP contribution < -0.4 is 10.1 Å². The summed E-state index contributed by atoms with van der Waals surface area (Å²) in [6.45, 7) is 0.671. The monoisotopic (exact) mass is 295 g/mol. The highest BCUT2D eigenvalue weighted by molar-refractivity contribution is 5.92. The molecule has 0 saturated carbocycles. The summed E-state index contributed by atoms with van der Waals surface area (Å²) in [4.78, 5) is 11.8. The van der Waals surface area contributed by atoms with Gasteiger partial charge in [-0.2, -0.15) is 0 Å². The molecule has 0 spiro atoms. The molecule has 0 atom stereocenters. The van der Waals surface area contributed by atoms with Crippen molar-refractivity contribution in [2.24, 2.45) is 0 Å². The minimum atomic E-state index is -0.0843. The molecule has 0 unspecified atom stereocenters. The first-order valence-corrected chi connectivity index (χ1v) is 7.42. The Hall–Kier alpha value is -2.55. The van der Waals surface area contributed by atoms with Crippen LogP contribution in [0.15, 0.2) is 60.7 Å². The number of benzene rings is 2. The van der Waals surface area contributed by atoms with Gasteiger partial charge in [-0.05, 0) is 30.5 Å². The zero-order valence-electron chi connectivity index (χ0n) is 12.8. The third-order valence-corrected chi connectivity index (χ3v) is 3.34. The maximum Gasteiger partial charge on any atom is 0.244 e. The van der Waals surface area contributed by atoms with Gasteiger partial charge in [-0.25, -0.2) is 0 Å². The molecule has 0 aliphatic rings. The zero-order valence-corrected chi connectivity index (χ0v) is 12.8. The van der Waals surface area contributed by atoms with E-state index in [-0.39, 0.29) is 5.91 Å². The van der Waals surface area contributed by atoms with E-state index in [2.05, 4.69) is 17.4 Å². The van der Waals surface area contributed by atoms with E-state index in [4.69, 9.17) is 4.74 Å². The normalized spacial score (nSPS) is 10.6. The van der Waals surface area contributed by atoms with Crippen LogP contribution in [0, 0.1) is 0 Å². The Morgan fingerprint density at radius 1 is 1.09 bits per heavy atom. The summed E-state index contributed by atoms with van der Waals surface area (Å²) in [5.41, 5.74) is 2.19. The molecule has 2 aromatic rings. The molecule has 0 fully saturated rings. The maximum absolute atomic E-state index is 11.8. The first kappa shape index (κ1) is 15.8. The van der Waals surface area contributed by atoms with Crippen LogP contribution in [0.25, 0.3) is 6.08 Å². The minimum absolute atomic E-state index is 0.0843. The van der Waals surface area contributed by atoms with E-state index in [0.29, 0.717) is 6.54 Å². The molecule has 0 saturated heterocycles. The number of carbonyl (C=O) groups is 1. The lowest BCUT2D eigenvalue weighted by atomic mass is 10.1. The highest BCUT2D eigenvalue weighted by Crippen LogP contribution is 2.18. The second kappa shape index (κ2) is 8.67. The van der Waals surface area contributed by atoms with E-state index in [1.165, 1.54) is 5.56 Å². The van der Waals surface area contributed by atoms with Gasteiger partial charge in [0, 0.05) is 18.2 Å². The van der Waals surface area contributed by atoms with Gasteiger partial charge >= 0.3 is 0 Å². The average Bonchev–Trinajstić information content (AvgIpc) is 2.58. The van der Waals surface area contributed by atoms with Crippen LogP contribution in [-0.2, 0) is 11.2 Å². The molecule has 114 valence electrons. The van der Waals surface area contributed by atoms with E-state index >= 15 is 0 Å². The fourth-order valence-electron chi connectivity index (χ4n) is 2.18. The van der Waals surface area contributed by atoms with E-state index in [0.717, 1.165) is 24.2 Å². The number of amides is 1. The maximum atomic E-state index is 11.8. The summed E-state index contributed by atoms with van der Waals surface area (Å²) in [7, 11) is 1.62. The van der Waals surface area contributed by atoms with Crippen molar-refractivity contribution >= 4 is 12.0 Å². The smallest absolute Gasteiger partial charge is 0.244 e. The summed E-state index contributed by atoms with van der Waals surface area (Å²) >= 11 is 0. The SMILES string of the molecule is COc1ccccc1/C=C/C(=O)NCCCc1ccccc1. The van der Waals surface area contributed by atoms with Gasteiger partial charge in [0.1, 0.15) is 5.75 Å². The Morgan fingerprint density at radius 2 is 1.82 bits per heavy atom. The average molecular weight is 295 g/mol. The quantitative estimate of drug-likeness (QED) is 0.627. The van der Waals surface area contributed by atoms with Crippen molar-refractivity contribution in [1.82, 2.24) is 5.32 Å². The fourth-order valence-corrected chi connectivity index (χ4v) is 2.18. The molecule has 0 heterocycles. The van der Waals surface area contributed by atoms with E-state index in [1.807, 2.05) is 42.5 Å². The first-order chi connectivity index (χ1) is 10.8. The van der Waals surface area contributed by atoms with Crippen LogP contribution in [-0.4, -0.2) is 19.6 Å². The summed E-state index contributed by atoms with van der Waals surface area (Å²) in [6, 6.07) is 17.9. The van der Waals surface area contributed by atoms with Gasteiger partial charge in [0.2, 0.25) is 5.91 Å². The van der Waals surface area contributed by atoms with Gasteiger partial charge in [-0.1, -0.05) is 48.5 Å². The Labute approximate surface area is 131 Å². The van der Waals surface area contributed by atoms with Crippen LogP contribution in [0.1, 0.15) is 17.5 Å². The van der Waals surface area contributed by atoms with Crippen LogP contribution in [0.4, 0.5) is 0 Å². The Bertz CT molecular complexity index is 620. The Morgan fingerprint density at radius 3 is 2.59 bits per heavy atom. The number of carbonyl (C=O) groups excluding carboxylic acids is 1. The first-order valence-electron chi connectivity index (χ1n) is 7.42. The molecule has 22 heavy (non-hydrogen) atoms. The van der Waals surface area contributed by atoms with Gasteiger partial charge < -0.3 is 10.1 Å². The summed E-state index contributed by atoms with van der Waals surface area (Å²) < 4.78 is 5.24. The summed E-state index contributed by atoms with van der Waals surface area (Å²) in [6.07, 6.45) is 5.21. The number of hydrogen-bond donors (Lipinski definition) is 1. The highest BCUT2D eigenvalue weighted by atomic mass is 16.5. The zero-order chi connectivity index (χ0) is 15.6. The third-order valence-electron chi connectivity index (χ3n) is 3.34. The molecule has 1 N–H and O–H groups in total. The van der Waals surface area contributed by atoms with E-state index in [9.17, 15) is 4.79 Å². The number of hydrogen-bond acceptors (Lipinski definition) is 2. The van der Waals surface area contributed by atoms with Gasteiger partial charge in [0.25, 0.3) is 0 Å². The lowest BCUT2D eigenvalue weighted by Gasteiger charge is -2.04. The van der Waals surface area contributed by atoms with E-state index < -0.39 is 0 Å². The molecule has 0 aromatic heterocycles. The number of para-hydroxylation sites is 1. The lowest BCUT2D eigenvalue weighted by molar-refractivity contribution is -0.116. The van der Waals surface area contributed by atoms with Crippen LogP contribution >= 0.6 is 0 Å². The Balaban J connectivity index is 1.75. The standard InChI is InChI=1S/C19H21NO2/c1-22-18-12-6-5-11-17(18)13-14-19(21)20-15-7-10-16-8-3-2-4-9-16/h2-6,8-9,11-14H,7,10,15H2,1H3,(H,20,21)/b14-13+. The van der Waals surface area contributed by atoms with Crippen molar-refractivity contribution in [3.05, 3.63) is 71.8 Å². The number of nitrogens with one attached hydrogen (secondary N) is 1. The Kier molecular flexibility index (Phi) is 6.24. The van der Waals surface area contributed by atoms with Gasteiger partial charge in [-0.3, -0.25) is 4.79 Å². The van der Waals surface area contributed by atoms with Crippen molar-refractivity contribution in [1.29, 1.82) is 0 Å². The minimum Gasteiger partial charge on any atom is -0.496 e. The van der Waals surface area contributed by atoms with Crippen molar-refractivity contribution < 1.29 is 9.53 Å². The molecule has 2 aromatic carbocycles. The number of rotatable bonds is 7. The molecule has 1 amide bonds. The molecule has 0 aliphatic heterocycles. The second-order valence-corrected chi connectivity index (χ2v) is 4.96. The molecule has 0 radical (unpaired) electrons. The van der Waals surface area contributed by atoms with Gasteiger partial charge in [0.05, 0.1) is 7.11 Å². The molecular formula is C19H21NO2. The van der Waals surface area contributed by atoms with Gasteiger partial charge in [0.15, 0.2) is 0 Å². The molecular weight excluding hydrogens is 274 g/mol. The van der Waals surface area contributed by atoms with Crippen LogP contribution in [0.3, 0.4) is 0 Å².